The average molecular weight is 299 g/mol. The molecule has 0 amide bonds. The average Bonchev–Trinajstić information content (AvgIpc) is 3.09. The molecule has 0 unspecified atom stereocenters. The fourth-order valence-electron chi connectivity index (χ4n) is 1.85. The van der Waals surface area contributed by atoms with Crippen molar-refractivity contribution in [3.63, 3.8) is 0 Å². The maximum absolute atomic E-state index is 5.75. The van der Waals surface area contributed by atoms with Crippen molar-refractivity contribution in [1.82, 2.24) is 15.1 Å². The normalized spacial score (nSPS) is 10.3. The van der Waals surface area contributed by atoms with Crippen molar-refractivity contribution >= 4 is 0 Å². The summed E-state index contributed by atoms with van der Waals surface area (Å²) in [6.07, 6.45) is 1.57. The quantitative estimate of drug-likeness (QED) is 0.716. The minimum Gasteiger partial charge on any atom is -0.481 e. The summed E-state index contributed by atoms with van der Waals surface area (Å²) in [5, 5.41) is 3.70. The molecular formula is C15H13N3O4. The first kappa shape index (κ1) is 13.9. The molecule has 0 aliphatic rings. The van der Waals surface area contributed by atoms with E-state index in [2.05, 4.69) is 15.1 Å². The van der Waals surface area contributed by atoms with Crippen LogP contribution >= 0.6 is 0 Å². The second-order valence-corrected chi connectivity index (χ2v) is 4.21. The summed E-state index contributed by atoms with van der Waals surface area (Å²) in [4.78, 5) is 8.27. The smallest absolute Gasteiger partial charge is 0.328 e. The first-order valence-electron chi connectivity index (χ1n) is 6.45. The molecule has 112 valence electrons. The predicted molar refractivity (Wildman–Crippen MR) is 77.1 cm³/mol. The standard InChI is InChI=1S/C15H13N3O4/c1-19-13-9-14(20-2)18-15(17-13)21-11-6-4-3-5-10(11)12-7-8-16-22-12/h3-9H,1-2H3. The van der Waals surface area contributed by atoms with Gasteiger partial charge in [-0.3, -0.25) is 0 Å². The van der Waals surface area contributed by atoms with E-state index < -0.39 is 0 Å². The third-order valence-electron chi connectivity index (χ3n) is 2.87. The zero-order valence-electron chi connectivity index (χ0n) is 12.0. The maximum atomic E-state index is 5.75. The largest absolute Gasteiger partial charge is 0.481 e. The highest BCUT2D eigenvalue weighted by Gasteiger charge is 2.13. The molecular weight excluding hydrogens is 286 g/mol. The van der Waals surface area contributed by atoms with Crippen LogP contribution in [0.15, 0.2) is 47.1 Å². The van der Waals surface area contributed by atoms with Gasteiger partial charge in [0.15, 0.2) is 5.76 Å². The molecule has 0 spiro atoms. The molecule has 0 fully saturated rings. The fraction of sp³-hybridized carbons (Fsp3) is 0.133. The molecule has 0 N–H and O–H groups in total. The van der Waals surface area contributed by atoms with Gasteiger partial charge in [0.1, 0.15) is 5.75 Å². The predicted octanol–water partition coefficient (Wildman–Crippen LogP) is 2.94. The van der Waals surface area contributed by atoms with E-state index >= 15 is 0 Å². The number of hydrogen-bond donors (Lipinski definition) is 0. The van der Waals surface area contributed by atoms with E-state index in [0.29, 0.717) is 23.3 Å². The molecule has 1 aromatic carbocycles. The van der Waals surface area contributed by atoms with Gasteiger partial charge >= 0.3 is 6.01 Å². The summed E-state index contributed by atoms with van der Waals surface area (Å²) in [6.45, 7) is 0. The van der Waals surface area contributed by atoms with Gasteiger partial charge in [0, 0.05) is 6.07 Å². The number of benzene rings is 1. The second kappa shape index (κ2) is 6.13. The van der Waals surface area contributed by atoms with Crippen LogP contribution in [-0.4, -0.2) is 29.3 Å². The number of hydrogen-bond acceptors (Lipinski definition) is 7. The Morgan fingerprint density at radius 1 is 0.955 bits per heavy atom. The van der Waals surface area contributed by atoms with E-state index in [4.69, 9.17) is 18.7 Å². The Balaban J connectivity index is 1.97. The highest BCUT2D eigenvalue weighted by atomic mass is 16.5. The van der Waals surface area contributed by atoms with E-state index in [1.54, 1.807) is 24.4 Å². The van der Waals surface area contributed by atoms with Crippen molar-refractivity contribution < 1.29 is 18.7 Å². The summed E-state index contributed by atoms with van der Waals surface area (Å²) in [5.41, 5.74) is 0.741. The van der Waals surface area contributed by atoms with Crippen LogP contribution in [0.3, 0.4) is 0 Å². The molecule has 0 aliphatic heterocycles. The van der Waals surface area contributed by atoms with Gasteiger partial charge in [-0.1, -0.05) is 17.3 Å². The third kappa shape index (κ3) is 2.83. The van der Waals surface area contributed by atoms with Gasteiger partial charge in [0.2, 0.25) is 11.8 Å². The van der Waals surface area contributed by atoms with E-state index in [1.165, 1.54) is 14.2 Å². The van der Waals surface area contributed by atoms with Crippen molar-refractivity contribution in [3.8, 4) is 34.8 Å². The fourth-order valence-corrected chi connectivity index (χ4v) is 1.85. The van der Waals surface area contributed by atoms with Crippen LogP contribution in [0.5, 0.6) is 23.5 Å². The van der Waals surface area contributed by atoms with Crippen LogP contribution in [0.2, 0.25) is 0 Å². The molecule has 2 heterocycles. The SMILES string of the molecule is COc1cc(OC)nc(Oc2ccccc2-c2ccno2)n1. The van der Waals surface area contributed by atoms with Gasteiger partial charge in [-0.25, -0.2) is 0 Å². The van der Waals surface area contributed by atoms with E-state index in [9.17, 15) is 0 Å². The molecule has 0 saturated carbocycles. The number of nitrogens with zero attached hydrogens (tertiary/aromatic N) is 3. The summed E-state index contributed by atoms with van der Waals surface area (Å²) in [5.74, 6) is 1.82. The Morgan fingerprint density at radius 2 is 1.68 bits per heavy atom. The molecule has 0 bridgehead atoms. The lowest BCUT2D eigenvalue weighted by molar-refractivity contribution is 0.348. The van der Waals surface area contributed by atoms with Crippen LogP contribution in [-0.2, 0) is 0 Å². The first-order valence-corrected chi connectivity index (χ1v) is 6.45. The van der Waals surface area contributed by atoms with Crippen LogP contribution in [0, 0.1) is 0 Å². The van der Waals surface area contributed by atoms with Gasteiger partial charge in [-0.05, 0) is 12.1 Å². The summed E-state index contributed by atoms with van der Waals surface area (Å²) >= 11 is 0. The third-order valence-corrected chi connectivity index (χ3v) is 2.87. The van der Waals surface area contributed by atoms with Crippen molar-refractivity contribution in [2.75, 3.05) is 14.2 Å². The molecule has 0 aliphatic carbocycles. The van der Waals surface area contributed by atoms with E-state index in [-0.39, 0.29) is 6.01 Å². The van der Waals surface area contributed by atoms with Gasteiger partial charge in [0.05, 0.1) is 32.0 Å². The Hall–Kier alpha value is -3.09. The lowest BCUT2D eigenvalue weighted by Crippen LogP contribution is -1.98. The first-order chi connectivity index (χ1) is 10.8. The number of ether oxygens (including phenoxy) is 3. The molecule has 3 rings (SSSR count). The highest BCUT2D eigenvalue weighted by Crippen LogP contribution is 2.32. The zero-order valence-corrected chi connectivity index (χ0v) is 12.0. The van der Waals surface area contributed by atoms with E-state index in [1.807, 2.05) is 18.2 Å². The van der Waals surface area contributed by atoms with Crippen molar-refractivity contribution in [1.29, 1.82) is 0 Å². The number of methoxy groups -OCH3 is 2. The number of para-hydroxylation sites is 1. The van der Waals surface area contributed by atoms with Crippen molar-refractivity contribution in [3.05, 3.63) is 42.6 Å². The van der Waals surface area contributed by atoms with Crippen molar-refractivity contribution in [2.45, 2.75) is 0 Å². The van der Waals surface area contributed by atoms with Crippen LogP contribution in [0.1, 0.15) is 0 Å². The Morgan fingerprint density at radius 3 is 2.32 bits per heavy atom. The Labute approximate surface area is 126 Å². The Bertz CT molecular complexity index is 737. The number of rotatable bonds is 5. The molecule has 7 heteroatoms. The maximum Gasteiger partial charge on any atom is 0.328 e. The lowest BCUT2D eigenvalue weighted by Gasteiger charge is -2.09. The zero-order chi connectivity index (χ0) is 15.4. The highest BCUT2D eigenvalue weighted by molar-refractivity contribution is 5.65. The molecule has 0 radical (unpaired) electrons. The van der Waals surface area contributed by atoms with Crippen LogP contribution in [0.25, 0.3) is 11.3 Å². The second-order valence-electron chi connectivity index (χ2n) is 4.21. The van der Waals surface area contributed by atoms with Crippen LogP contribution in [0.4, 0.5) is 0 Å². The number of aromatic nitrogens is 3. The molecule has 3 aromatic rings. The monoisotopic (exact) mass is 299 g/mol. The molecule has 7 nitrogen and oxygen atoms in total. The minimum atomic E-state index is 0.114. The molecule has 0 atom stereocenters. The molecule has 2 aromatic heterocycles. The summed E-state index contributed by atoms with van der Waals surface area (Å²) in [6, 6.07) is 10.8. The van der Waals surface area contributed by atoms with Gasteiger partial charge in [-0.15, -0.1) is 0 Å². The molecule has 22 heavy (non-hydrogen) atoms. The Kier molecular flexibility index (Phi) is 3.86. The van der Waals surface area contributed by atoms with Gasteiger partial charge in [-0.2, -0.15) is 9.97 Å². The molecule has 0 saturated heterocycles. The summed E-state index contributed by atoms with van der Waals surface area (Å²) in [7, 11) is 3.02. The van der Waals surface area contributed by atoms with E-state index in [0.717, 1.165) is 5.56 Å². The van der Waals surface area contributed by atoms with Gasteiger partial charge < -0.3 is 18.7 Å². The topological polar surface area (TPSA) is 79.5 Å². The lowest BCUT2D eigenvalue weighted by atomic mass is 10.1. The summed E-state index contributed by atoms with van der Waals surface area (Å²) < 4.78 is 21.1. The minimum absolute atomic E-state index is 0.114. The van der Waals surface area contributed by atoms with Crippen LogP contribution < -0.4 is 14.2 Å². The van der Waals surface area contributed by atoms with Gasteiger partial charge in [0.25, 0.3) is 0 Å². The van der Waals surface area contributed by atoms with Crippen molar-refractivity contribution in [2.24, 2.45) is 0 Å².